The number of carboxylic acid groups (broad SMARTS) is 1. The predicted molar refractivity (Wildman–Crippen MR) is 104 cm³/mol. The first kappa shape index (κ1) is 24.1. The minimum Gasteiger partial charge on any atom is -0.479 e. The van der Waals surface area contributed by atoms with Crippen LogP contribution in [0.25, 0.3) is 0 Å². The highest BCUT2D eigenvalue weighted by molar-refractivity contribution is 7.86. The van der Waals surface area contributed by atoms with Gasteiger partial charge < -0.3 is 15.5 Å². The molecule has 0 aromatic heterocycles. The summed E-state index contributed by atoms with van der Waals surface area (Å²) in [5.74, 6) is -2.86. The fraction of sp³-hybridized carbons (Fsp3) is 0.579. The number of amides is 1. The summed E-state index contributed by atoms with van der Waals surface area (Å²) >= 11 is 0. The predicted octanol–water partition coefficient (Wildman–Crippen LogP) is 1.50. The Morgan fingerprint density at radius 3 is 2.29 bits per heavy atom. The van der Waals surface area contributed by atoms with Gasteiger partial charge in [0.25, 0.3) is 10.1 Å². The molecule has 1 aromatic rings. The van der Waals surface area contributed by atoms with Gasteiger partial charge >= 0.3 is 5.97 Å². The van der Waals surface area contributed by atoms with Crippen LogP contribution in [0.2, 0.25) is 0 Å². The molecule has 0 saturated carbocycles. The number of aliphatic hydroxyl groups is 1. The van der Waals surface area contributed by atoms with Crippen LogP contribution < -0.4 is 5.32 Å². The molecular formula is C19H29NO7S. The number of nitrogens with one attached hydrogen (secondary N) is 1. The van der Waals surface area contributed by atoms with Crippen LogP contribution in [0.5, 0.6) is 0 Å². The second-order valence-corrected chi connectivity index (χ2v) is 9.21. The first-order valence-electron chi connectivity index (χ1n) is 8.96. The average molecular weight is 416 g/mol. The lowest BCUT2D eigenvalue weighted by molar-refractivity contribution is -0.180. The van der Waals surface area contributed by atoms with Crippen molar-refractivity contribution >= 4 is 22.0 Å². The fourth-order valence-electron chi connectivity index (χ4n) is 2.96. The van der Waals surface area contributed by atoms with Gasteiger partial charge in [0.2, 0.25) is 5.91 Å². The maximum Gasteiger partial charge on any atom is 0.336 e. The zero-order valence-electron chi connectivity index (χ0n) is 16.6. The molecule has 8 nitrogen and oxygen atoms in total. The van der Waals surface area contributed by atoms with Gasteiger partial charge in [-0.25, -0.2) is 4.79 Å². The third-order valence-corrected chi connectivity index (χ3v) is 6.09. The highest BCUT2D eigenvalue weighted by Gasteiger charge is 2.55. The Hall–Kier alpha value is -1.97. The van der Waals surface area contributed by atoms with Crippen molar-refractivity contribution in [1.82, 2.24) is 5.32 Å². The van der Waals surface area contributed by atoms with Crippen LogP contribution in [0, 0.1) is 5.41 Å². The van der Waals surface area contributed by atoms with Crippen molar-refractivity contribution in [3.8, 4) is 0 Å². The van der Waals surface area contributed by atoms with Gasteiger partial charge in [-0.2, -0.15) is 8.42 Å². The minimum atomic E-state index is -3.94. The molecule has 0 heterocycles. The Labute approximate surface area is 166 Å². The summed E-state index contributed by atoms with van der Waals surface area (Å²) in [6.07, 6.45) is 0.159. The number of benzene rings is 1. The molecule has 0 aliphatic heterocycles. The molecule has 1 aromatic carbocycles. The van der Waals surface area contributed by atoms with Crippen molar-refractivity contribution in [2.24, 2.45) is 5.41 Å². The molecule has 0 radical (unpaired) electrons. The van der Waals surface area contributed by atoms with E-state index in [1.165, 1.54) is 20.8 Å². The lowest BCUT2D eigenvalue weighted by atomic mass is 9.66. The van der Waals surface area contributed by atoms with E-state index in [9.17, 15) is 28.2 Å². The molecule has 0 aliphatic rings. The zero-order chi connectivity index (χ0) is 21.6. The first-order chi connectivity index (χ1) is 12.8. The van der Waals surface area contributed by atoms with Crippen LogP contribution in [0.1, 0.15) is 45.6 Å². The molecule has 0 unspecified atom stereocenters. The van der Waals surface area contributed by atoms with E-state index in [0.717, 1.165) is 0 Å². The Morgan fingerprint density at radius 1 is 1.21 bits per heavy atom. The minimum absolute atomic E-state index is 0.159. The number of carboxylic acids is 1. The Bertz CT molecular complexity index is 777. The lowest BCUT2D eigenvalue weighted by Crippen LogP contribution is -2.57. The van der Waals surface area contributed by atoms with E-state index >= 15 is 0 Å². The van der Waals surface area contributed by atoms with Gasteiger partial charge in [0.05, 0.1) is 12.4 Å². The molecule has 1 rings (SSSR count). The van der Waals surface area contributed by atoms with E-state index in [1.807, 2.05) is 0 Å². The monoisotopic (exact) mass is 415 g/mol. The molecule has 0 spiro atoms. The lowest BCUT2D eigenvalue weighted by Gasteiger charge is -2.43. The number of hydrogen-bond donors (Lipinski definition) is 3. The SMILES string of the molecule is CC(=O)NCCCS(=O)(=O)OCC(C)(C)[C@@](O)(C(=O)O)[C@@H](C)c1ccccc1. The van der Waals surface area contributed by atoms with Gasteiger partial charge in [-0.05, 0) is 12.0 Å². The molecule has 0 aliphatic carbocycles. The van der Waals surface area contributed by atoms with Crippen LogP contribution in [-0.2, 0) is 23.9 Å². The van der Waals surface area contributed by atoms with Gasteiger partial charge in [-0.15, -0.1) is 0 Å². The van der Waals surface area contributed by atoms with Crippen molar-refractivity contribution in [3.63, 3.8) is 0 Å². The van der Waals surface area contributed by atoms with Gasteiger partial charge in [0.1, 0.15) is 0 Å². The van der Waals surface area contributed by atoms with Gasteiger partial charge in [0.15, 0.2) is 5.60 Å². The second kappa shape index (κ2) is 9.49. The normalized spacial score (nSPS) is 15.5. The topological polar surface area (TPSA) is 130 Å². The Kier molecular flexibility index (Phi) is 8.16. The molecule has 9 heteroatoms. The Balaban J connectivity index is 2.91. The van der Waals surface area contributed by atoms with E-state index < -0.39 is 39.6 Å². The van der Waals surface area contributed by atoms with E-state index in [-0.39, 0.29) is 24.6 Å². The van der Waals surface area contributed by atoms with Crippen molar-refractivity contribution in [3.05, 3.63) is 35.9 Å². The number of carbonyl (C=O) groups is 2. The van der Waals surface area contributed by atoms with Crippen LogP contribution in [-0.4, -0.2) is 55.0 Å². The fourth-order valence-corrected chi connectivity index (χ4v) is 4.05. The number of carbonyl (C=O) groups excluding carboxylic acids is 1. The summed E-state index contributed by atoms with van der Waals surface area (Å²) in [6.45, 7) is 5.49. The molecular weight excluding hydrogens is 386 g/mol. The molecule has 0 saturated heterocycles. The standard InChI is InChI=1S/C19H29NO7S/c1-14(16-9-6-5-7-10-16)19(24,17(22)23)18(3,4)13-27-28(25,26)12-8-11-20-15(2)21/h5-7,9-10,14,24H,8,11-13H2,1-4H3,(H,20,21)(H,22,23)/t14-,19-/m0/s1. The quantitative estimate of drug-likeness (QED) is 0.369. The van der Waals surface area contributed by atoms with Crippen LogP contribution >= 0.6 is 0 Å². The van der Waals surface area contributed by atoms with E-state index in [4.69, 9.17) is 4.18 Å². The first-order valence-corrected chi connectivity index (χ1v) is 10.5. The maximum absolute atomic E-state index is 12.1. The van der Waals surface area contributed by atoms with Crippen LogP contribution in [0.15, 0.2) is 30.3 Å². The van der Waals surface area contributed by atoms with Crippen LogP contribution in [0.4, 0.5) is 0 Å². The largest absolute Gasteiger partial charge is 0.479 e. The molecule has 28 heavy (non-hydrogen) atoms. The molecule has 0 fully saturated rings. The number of rotatable bonds is 11. The van der Waals surface area contributed by atoms with Crippen molar-refractivity contribution in [2.45, 2.75) is 45.6 Å². The number of aliphatic carboxylic acids is 1. The van der Waals surface area contributed by atoms with Gasteiger partial charge in [-0.3, -0.25) is 8.98 Å². The second-order valence-electron chi connectivity index (χ2n) is 7.45. The summed E-state index contributed by atoms with van der Waals surface area (Å²) < 4.78 is 29.2. The van der Waals surface area contributed by atoms with Crippen molar-refractivity contribution in [2.75, 3.05) is 18.9 Å². The smallest absolute Gasteiger partial charge is 0.336 e. The summed E-state index contributed by atoms with van der Waals surface area (Å²) in [5.41, 5.74) is -3.07. The van der Waals surface area contributed by atoms with E-state index in [0.29, 0.717) is 5.56 Å². The summed E-state index contributed by atoms with van der Waals surface area (Å²) in [7, 11) is -3.94. The van der Waals surface area contributed by atoms with Gasteiger partial charge in [0, 0.05) is 24.8 Å². The van der Waals surface area contributed by atoms with Gasteiger partial charge in [-0.1, -0.05) is 51.1 Å². The maximum atomic E-state index is 12.1. The number of hydrogen-bond acceptors (Lipinski definition) is 6. The highest BCUT2D eigenvalue weighted by Crippen LogP contribution is 2.42. The van der Waals surface area contributed by atoms with Crippen LogP contribution in [0.3, 0.4) is 0 Å². The molecule has 0 bridgehead atoms. The zero-order valence-corrected chi connectivity index (χ0v) is 17.5. The Morgan fingerprint density at radius 2 is 1.79 bits per heavy atom. The van der Waals surface area contributed by atoms with Crippen molar-refractivity contribution < 1.29 is 32.4 Å². The summed E-state index contributed by atoms with van der Waals surface area (Å²) in [6, 6.07) is 8.65. The molecule has 3 N–H and O–H groups in total. The highest BCUT2D eigenvalue weighted by atomic mass is 32.2. The van der Waals surface area contributed by atoms with E-state index in [1.54, 1.807) is 37.3 Å². The van der Waals surface area contributed by atoms with Crippen molar-refractivity contribution in [1.29, 1.82) is 0 Å². The summed E-state index contributed by atoms with van der Waals surface area (Å²) in [5, 5.41) is 23.3. The third kappa shape index (κ3) is 6.02. The molecule has 158 valence electrons. The average Bonchev–Trinajstić information content (AvgIpc) is 2.63. The molecule has 2 atom stereocenters. The van der Waals surface area contributed by atoms with E-state index in [2.05, 4.69) is 5.32 Å². The molecule has 1 amide bonds. The summed E-state index contributed by atoms with van der Waals surface area (Å²) in [4.78, 5) is 22.8. The third-order valence-electron chi connectivity index (χ3n) is 4.83.